The number of nitrogens with one attached hydrogen (secondary N) is 1. The molecule has 1 N–H and O–H groups in total. The fourth-order valence-corrected chi connectivity index (χ4v) is 3.58. The summed E-state index contributed by atoms with van der Waals surface area (Å²) < 4.78 is 53.5. The third kappa shape index (κ3) is 4.00. The molecule has 0 bridgehead atoms. The second kappa shape index (κ2) is 6.98. The minimum Gasteiger partial charge on any atom is -0.279 e. The van der Waals surface area contributed by atoms with Gasteiger partial charge >= 0.3 is 0 Å². The van der Waals surface area contributed by atoms with Crippen LogP contribution >= 0.6 is 11.8 Å². The Balaban J connectivity index is 2.39. The number of hydrogen-bond acceptors (Lipinski definition) is 4. The van der Waals surface area contributed by atoms with E-state index in [2.05, 4.69) is 4.72 Å². The van der Waals surface area contributed by atoms with E-state index in [1.807, 2.05) is 12.3 Å². The van der Waals surface area contributed by atoms with Crippen LogP contribution in [0.25, 0.3) is 0 Å². The molecule has 2 aromatic rings. The van der Waals surface area contributed by atoms with E-state index in [9.17, 15) is 17.2 Å². The van der Waals surface area contributed by atoms with Gasteiger partial charge in [0.1, 0.15) is 21.9 Å². The van der Waals surface area contributed by atoms with E-state index in [1.165, 1.54) is 6.07 Å². The Kier molecular flexibility index (Phi) is 5.23. The summed E-state index contributed by atoms with van der Waals surface area (Å²) in [6.45, 7) is 1.83. The van der Waals surface area contributed by atoms with Crippen molar-refractivity contribution >= 4 is 27.5 Å². The van der Waals surface area contributed by atoms with Crippen LogP contribution in [0.3, 0.4) is 0 Å². The van der Waals surface area contributed by atoms with E-state index >= 15 is 0 Å². The van der Waals surface area contributed by atoms with Gasteiger partial charge in [-0.1, -0.05) is 6.92 Å². The van der Waals surface area contributed by atoms with Crippen LogP contribution in [-0.4, -0.2) is 8.42 Å². The molecule has 0 spiro atoms. The molecule has 0 amide bonds. The van der Waals surface area contributed by atoms with Gasteiger partial charge in [-0.15, -0.1) is 0 Å². The van der Waals surface area contributed by atoms with Crippen molar-refractivity contribution in [3.63, 3.8) is 0 Å². The van der Waals surface area contributed by atoms with Crippen LogP contribution in [-0.2, 0) is 16.4 Å². The van der Waals surface area contributed by atoms with Gasteiger partial charge in [0.25, 0.3) is 10.0 Å². The van der Waals surface area contributed by atoms with Gasteiger partial charge in [-0.3, -0.25) is 4.72 Å². The molecule has 2 rings (SSSR count). The van der Waals surface area contributed by atoms with Crippen LogP contribution in [0.5, 0.6) is 0 Å². The van der Waals surface area contributed by atoms with Crippen LogP contribution in [0, 0.1) is 22.3 Å². The number of benzene rings is 2. The predicted molar refractivity (Wildman–Crippen MR) is 84.5 cm³/mol. The van der Waals surface area contributed by atoms with E-state index in [1.54, 1.807) is 12.1 Å². The van der Waals surface area contributed by atoms with E-state index in [0.29, 0.717) is 28.6 Å². The molecular weight excluding hydrogens is 342 g/mol. The van der Waals surface area contributed by atoms with Gasteiger partial charge in [0, 0.05) is 11.0 Å². The summed E-state index contributed by atoms with van der Waals surface area (Å²) in [6.07, 6.45) is 0.517. The van der Waals surface area contributed by atoms with Crippen LogP contribution in [0.15, 0.2) is 46.2 Å². The van der Waals surface area contributed by atoms with Gasteiger partial charge in [0.2, 0.25) is 0 Å². The fourth-order valence-electron chi connectivity index (χ4n) is 1.97. The molecule has 0 saturated heterocycles. The van der Waals surface area contributed by atoms with E-state index in [4.69, 9.17) is 5.26 Å². The first-order valence-corrected chi connectivity index (χ1v) is 8.84. The molecule has 4 nitrogen and oxygen atoms in total. The number of aryl methyl sites for hydroxylation is 1. The number of thioether (sulfide) groups is 1. The maximum Gasteiger partial charge on any atom is 0.264 e. The molecule has 0 unspecified atom stereocenters. The lowest BCUT2D eigenvalue weighted by Crippen LogP contribution is -2.16. The van der Waals surface area contributed by atoms with Gasteiger partial charge in [0.15, 0.2) is 0 Å². The second-order valence-electron chi connectivity index (χ2n) is 4.55. The Labute approximate surface area is 137 Å². The van der Waals surface area contributed by atoms with Gasteiger partial charge < -0.3 is 0 Å². The minimum atomic E-state index is -4.18. The summed E-state index contributed by atoms with van der Waals surface area (Å²) in [7, 11) is -4.18. The summed E-state index contributed by atoms with van der Waals surface area (Å²) in [5.41, 5.74) is 0.954. The molecule has 0 aliphatic rings. The zero-order valence-corrected chi connectivity index (χ0v) is 13.6. The minimum absolute atomic E-state index is 0.290. The first-order valence-electron chi connectivity index (χ1n) is 6.54. The lowest BCUT2D eigenvalue weighted by atomic mass is 10.1. The zero-order chi connectivity index (χ0) is 17.0. The van der Waals surface area contributed by atoms with Crippen molar-refractivity contribution in [2.75, 3.05) is 4.72 Å². The van der Waals surface area contributed by atoms with Crippen LogP contribution in [0.2, 0.25) is 0 Å². The zero-order valence-electron chi connectivity index (χ0n) is 12.0. The number of thiocyanates is 1. The van der Waals surface area contributed by atoms with E-state index < -0.39 is 26.6 Å². The molecule has 0 saturated carbocycles. The van der Waals surface area contributed by atoms with Gasteiger partial charge in [-0.25, -0.2) is 17.2 Å². The third-order valence-electron chi connectivity index (χ3n) is 3.05. The normalized spacial score (nSPS) is 11.0. The molecule has 0 heterocycles. The number of rotatable bonds is 5. The molecular formula is C15H12F2N2O2S2. The summed E-state index contributed by atoms with van der Waals surface area (Å²) in [6, 6.07) is 7.06. The molecule has 0 atom stereocenters. The average Bonchev–Trinajstić information content (AvgIpc) is 2.48. The highest BCUT2D eigenvalue weighted by Gasteiger charge is 2.20. The van der Waals surface area contributed by atoms with Crippen molar-refractivity contribution in [1.82, 2.24) is 0 Å². The standard InChI is InChI=1S/C15H12F2N2O2S2/c1-2-10-7-12(22-9-18)4-5-14(10)19-23(20,21)15-6-3-11(16)8-13(15)17/h3-8,19H,2H2,1H3. The largest absolute Gasteiger partial charge is 0.279 e. The molecule has 0 aliphatic heterocycles. The van der Waals surface area contributed by atoms with Crippen LogP contribution in [0.4, 0.5) is 14.5 Å². The Morgan fingerprint density at radius 3 is 2.57 bits per heavy atom. The molecule has 0 fully saturated rings. The molecule has 0 aromatic heterocycles. The highest BCUT2D eigenvalue weighted by Crippen LogP contribution is 2.27. The number of anilines is 1. The number of halogens is 2. The van der Waals surface area contributed by atoms with E-state index in [-0.39, 0.29) is 0 Å². The summed E-state index contributed by atoms with van der Waals surface area (Å²) in [5.74, 6) is -2.01. The average molecular weight is 354 g/mol. The lowest BCUT2D eigenvalue weighted by molar-refractivity contribution is 0.551. The molecule has 8 heteroatoms. The molecule has 0 aliphatic carbocycles. The SMILES string of the molecule is CCc1cc(SC#N)ccc1NS(=O)(=O)c1ccc(F)cc1F. The van der Waals surface area contributed by atoms with Crippen molar-refractivity contribution in [3.05, 3.63) is 53.6 Å². The van der Waals surface area contributed by atoms with Crippen molar-refractivity contribution in [3.8, 4) is 5.40 Å². The Hall–Kier alpha value is -2.11. The second-order valence-corrected chi connectivity index (χ2v) is 7.06. The van der Waals surface area contributed by atoms with Crippen molar-refractivity contribution in [2.45, 2.75) is 23.1 Å². The lowest BCUT2D eigenvalue weighted by Gasteiger charge is -2.13. The highest BCUT2D eigenvalue weighted by atomic mass is 32.2. The van der Waals surface area contributed by atoms with Gasteiger partial charge in [-0.05, 0) is 54.1 Å². The first kappa shape index (κ1) is 17.2. The maximum absolute atomic E-state index is 13.7. The Bertz CT molecular complexity index is 878. The molecule has 120 valence electrons. The van der Waals surface area contributed by atoms with Crippen molar-refractivity contribution in [2.24, 2.45) is 0 Å². The third-order valence-corrected chi connectivity index (χ3v) is 5.03. The Morgan fingerprint density at radius 2 is 1.96 bits per heavy atom. The van der Waals surface area contributed by atoms with Gasteiger partial charge in [0.05, 0.1) is 5.69 Å². The number of sulfonamides is 1. The monoisotopic (exact) mass is 354 g/mol. The van der Waals surface area contributed by atoms with Crippen molar-refractivity contribution in [1.29, 1.82) is 5.26 Å². The Morgan fingerprint density at radius 1 is 1.22 bits per heavy atom. The summed E-state index contributed by atoms with van der Waals surface area (Å²) in [5, 5.41) is 10.6. The summed E-state index contributed by atoms with van der Waals surface area (Å²) >= 11 is 0.959. The van der Waals surface area contributed by atoms with Gasteiger partial charge in [-0.2, -0.15) is 5.26 Å². The molecule has 2 aromatic carbocycles. The fraction of sp³-hybridized carbons (Fsp3) is 0.133. The smallest absolute Gasteiger partial charge is 0.264 e. The molecule has 23 heavy (non-hydrogen) atoms. The quantitative estimate of drug-likeness (QED) is 0.653. The number of hydrogen-bond donors (Lipinski definition) is 1. The highest BCUT2D eigenvalue weighted by molar-refractivity contribution is 8.03. The predicted octanol–water partition coefficient (Wildman–Crippen LogP) is 3.90. The number of nitriles is 1. The first-order chi connectivity index (χ1) is 10.9. The topological polar surface area (TPSA) is 70.0 Å². The van der Waals surface area contributed by atoms with Crippen LogP contribution in [0.1, 0.15) is 12.5 Å². The maximum atomic E-state index is 13.7. The van der Waals surface area contributed by atoms with Crippen molar-refractivity contribution < 1.29 is 17.2 Å². The molecule has 0 radical (unpaired) electrons. The van der Waals surface area contributed by atoms with E-state index in [0.717, 1.165) is 23.9 Å². The summed E-state index contributed by atoms with van der Waals surface area (Å²) in [4.78, 5) is 0.0525. The number of nitrogens with zero attached hydrogens (tertiary/aromatic N) is 1. The van der Waals surface area contributed by atoms with Crippen LogP contribution < -0.4 is 4.72 Å².